The number of nitrogens with two attached hydrogens (primary N) is 1. The normalized spacial score (nSPS) is 10.6. The fourth-order valence-corrected chi connectivity index (χ4v) is 2.59. The Bertz CT molecular complexity index is 593. The van der Waals surface area contributed by atoms with Gasteiger partial charge in [-0.15, -0.1) is 0 Å². The van der Waals surface area contributed by atoms with E-state index in [1.54, 1.807) is 0 Å². The number of nitrogens with zero attached hydrogens (tertiary/aromatic N) is 1. The SMILES string of the molecule is Cc1ccc(N(C)c2ccc(CN)cc2Cl)c(C)c1. The van der Waals surface area contributed by atoms with E-state index in [2.05, 4.69) is 36.9 Å². The summed E-state index contributed by atoms with van der Waals surface area (Å²) in [6, 6.07) is 12.4. The van der Waals surface area contributed by atoms with Crippen molar-refractivity contribution in [1.82, 2.24) is 0 Å². The Morgan fingerprint density at radius 1 is 1.05 bits per heavy atom. The van der Waals surface area contributed by atoms with E-state index in [1.165, 1.54) is 11.1 Å². The lowest BCUT2D eigenvalue weighted by atomic mass is 10.1. The average molecular weight is 275 g/mol. The van der Waals surface area contributed by atoms with E-state index >= 15 is 0 Å². The molecule has 2 N–H and O–H groups in total. The number of halogens is 1. The van der Waals surface area contributed by atoms with E-state index in [0.717, 1.165) is 22.0 Å². The summed E-state index contributed by atoms with van der Waals surface area (Å²) in [7, 11) is 2.03. The first-order chi connectivity index (χ1) is 9.02. The molecule has 0 fully saturated rings. The number of anilines is 2. The summed E-state index contributed by atoms with van der Waals surface area (Å²) >= 11 is 6.34. The van der Waals surface area contributed by atoms with Crippen LogP contribution >= 0.6 is 11.6 Å². The lowest BCUT2D eigenvalue weighted by Gasteiger charge is -2.23. The smallest absolute Gasteiger partial charge is 0.0646 e. The van der Waals surface area contributed by atoms with Gasteiger partial charge < -0.3 is 10.6 Å². The van der Waals surface area contributed by atoms with Gasteiger partial charge in [-0.3, -0.25) is 0 Å². The zero-order valence-corrected chi connectivity index (χ0v) is 12.3. The van der Waals surface area contributed by atoms with Crippen molar-refractivity contribution in [2.75, 3.05) is 11.9 Å². The Kier molecular flexibility index (Phi) is 4.13. The fraction of sp³-hybridized carbons (Fsp3) is 0.250. The molecule has 19 heavy (non-hydrogen) atoms. The van der Waals surface area contributed by atoms with E-state index in [4.69, 9.17) is 17.3 Å². The first-order valence-electron chi connectivity index (χ1n) is 6.32. The van der Waals surface area contributed by atoms with Crippen LogP contribution in [-0.4, -0.2) is 7.05 Å². The molecule has 0 bridgehead atoms. The molecule has 0 unspecified atom stereocenters. The van der Waals surface area contributed by atoms with Crippen LogP contribution in [0.4, 0.5) is 11.4 Å². The fourth-order valence-electron chi connectivity index (χ4n) is 2.26. The van der Waals surface area contributed by atoms with Gasteiger partial charge in [0, 0.05) is 19.3 Å². The molecule has 0 saturated heterocycles. The standard InChI is InChI=1S/C16H19ClN2/c1-11-4-6-15(12(2)8-11)19(3)16-7-5-13(10-18)9-14(16)17/h4-9H,10,18H2,1-3H3. The van der Waals surface area contributed by atoms with Crippen LogP contribution in [-0.2, 0) is 6.54 Å². The first kappa shape index (κ1) is 13.9. The summed E-state index contributed by atoms with van der Waals surface area (Å²) < 4.78 is 0. The molecule has 0 radical (unpaired) electrons. The van der Waals surface area contributed by atoms with E-state index in [-0.39, 0.29) is 0 Å². The highest BCUT2D eigenvalue weighted by Crippen LogP contribution is 2.33. The molecule has 2 aromatic carbocycles. The molecule has 0 atom stereocenters. The van der Waals surface area contributed by atoms with Crippen molar-refractivity contribution in [1.29, 1.82) is 0 Å². The molecule has 0 aromatic heterocycles. The minimum absolute atomic E-state index is 0.507. The van der Waals surface area contributed by atoms with Crippen molar-refractivity contribution in [3.63, 3.8) is 0 Å². The lowest BCUT2D eigenvalue weighted by molar-refractivity contribution is 1.07. The Morgan fingerprint density at radius 2 is 1.74 bits per heavy atom. The highest BCUT2D eigenvalue weighted by atomic mass is 35.5. The minimum Gasteiger partial charge on any atom is -0.343 e. The summed E-state index contributed by atoms with van der Waals surface area (Å²) in [5.74, 6) is 0. The van der Waals surface area contributed by atoms with Crippen LogP contribution in [0, 0.1) is 13.8 Å². The van der Waals surface area contributed by atoms with E-state index in [1.807, 2.05) is 25.2 Å². The van der Waals surface area contributed by atoms with E-state index in [9.17, 15) is 0 Å². The van der Waals surface area contributed by atoms with Gasteiger partial charge in [-0.2, -0.15) is 0 Å². The molecule has 0 saturated carbocycles. The summed E-state index contributed by atoms with van der Waals surface area (Å²) in [5.41, 5.74) is 11.3. The van der Waals surface area contributed by atoms with Crippen LogP contribution in [0.5, 0.6) is 0 Å². The summed E-state index contributed by atoms with van der Waals surface area (Å²) in [6.07, 6.45) is 0. The molecule has 2 aromatic rings. The number of hydrogen-bond acceptors (Lipinski definition) is 2. The second kappa shape index (κ2) is 5.64. The molecule has 0 aliphatic heterocycles. The Morgan fingerprint density at radius 3 is 2.32 bits per heavy atom. The third-order valence-electron chi connectivity index (χ3n) is 3.32. The van der Waals surface area contributed by atoms with Crippen LogP contribution in [0.15, 0.2) is 36.4 Å². The van der Waals surface area contributed by atoms with Gasteiger partial charge in [0.1, 0.15) is 0 Å². The van der Waals surface area contributed by atoms with Crippen LogP contribution in [0.1, 0.15) is 16.7 Å². The maximum absolute atomic E-state index is 6.34. The van der Waals surface area contributed by atoms with Gasteiger partial charge in [-0.1, -0.05) is 35.4 Å². The van der Waals surface area contributed by atoms with Crippen LogP contribution < -0.4 is 10.6 Å². The number of rotatable bonds is 3. The molecule has 0 heterocycles. The van der Waals surface area contributed by atoms with Crippen LogP contribution in [0.25, 0.3) is 0 Å². The Balaban J connectivity index is 2.41. The molecule has 2 nitrogen and oxygen atoms in total. The second-order valence-electron chi connectivity index (χ2n) is 4.84. The molecule has 0 aliphatic carbocycles. The van der Waals surface area contributed by atoms with Gasteiger partial charge in [0.05, 0.1) is 10.7 Å². The molecule has 100 valence electrons. The van der Waals surface area contributed by atoms with E-state index in [0.29, 0.717) is 6.54 Å². The predicted octanol–water partition coefficient (Wildman–Crippen LogP) is 4.18. The maximum Gasteiger partial charge on any atom is 0.0646 e. The van der Waals surface area contributed by atoms with Crippen LogP contribution in [0.3, 0.4) is 0 Å². The summed E-state index contributed by atoms with van der Waals surface area (Å²) in [4.78, 5) is 2.11. The molecule has 0 spiro atoms. The van der Waals surface area contributed by atoms with Crippen molar-refractivity contribution >= 4 is 23.0 Å². The van der Waals surface area contributed by atoms with E-state index < -0.39 is 0 Å². The molecular weight excluding hydrogens is 256 g/mol. The highest BCUT2D eigenvalue weighted by Gasteiger charge is 2.10. The summed E-state index contributed by atoms with van der Waals surface area (Å²) in [6.45, 7) is 4.72. The Labute approximate surface area is 119 Å². The van der Waals surface area contributed by atoms with Crippen molar-refractivity contribution in [2.24, 2.45) is 5.73 Å². The topological polar surface area (TPSA) is 29.3 Å². The van der Waals surface area contributed by atoms with Crippen molar-refractivity contribution < 1.29 is 0 Å². The second-order valence-corrected chi connectivity index (χ2v) is 5.25. The van der Waals surface area contributed by atoms with Gasteiger partial charge in [-0.25, -0.2) is 0 Å². The quantitative estimate of drug-likeness (QED) is 0.910. The third kappa shape index (κ3) is 2.91. The first-order valence-corrected chi connectivity index (χ1v) is 6.70. The average Bonchev–Trinajstić information content (AvgIpc) is 2.37. The summed E-state index contributed by atoms with van der Waals surface area (Å²) in [5, 5.41) is 0.727. The molecular formula is C16H19ClN2. The van der Waals surface area contributed by atoms with Gasteiger partial charge in [0.2, 0.25) is 0 Å². The predicted molar refractivity (Wildman–Crippen MR) is 83.3 cm³/mol. The molecule has 0 aliphatic rings. The number of aryl methyl sites for hydroxylation is 2. The zero-order valence-electron chi connectivity index (χ0n) is 11.6. The van der Waals surface area contributed by atoms with Crippen LogP contribution in [0.2, 0.25) is 5.02 Å². The number of benzene rings is 2. The van der Waals surface area contributed by atoms with Crippen molar-refractivity contribution in [3.8, 4) is 0 Å². The lowest BCUT2D eigenvalue weighted by Crippen LogP contribution is -2.12. The van der Waals surface area contributed by atoms with Gasteiger partial charge >= 0.3 is 0 Å². The van der Waals surface area contributed by atoms with Gasteiger partial charge in [0.25, 0.3) is 0 Å². The monoisotopic (exact) mass is 274 g/mol. The molecule has 2 rings (SSSR count). The van der Waals surface area contributed by atoms with Gasteiger partial charge in [0.15, 0.2) is 0 Å². The number of hydrogen-bond donors (Lipinski definition) is 1. The van der Waals surface area contributed by atoms with Crippen molar-refractivity contribution in [3.05, 3.63) is 58.1 Å². The minimum atomic E-state index is 0.507. The molecule has 3 heteroatoms. The highest BCUT2D eigenvalue weighted by molar-refractivity contribution is 6.33. The zero-order chi connectivity index (χ0) is 14.0. The third-order valence-corrected chi connectivity index (χ3v) is 3.63. The van der Waals surface area contributed by atoms with Crippen molar-refractivity contribution in [2.45, 2.75) is 20.4 Å². The Hall–Kier alpha value is -1.51. The molecule has 0 amide bonds. The largest absolute Gasteiger partial charge is 0.343 e. The van der Waals surface area contributed by atoms with Gasteiger partial charge in [-0.05, 0) is 43.2 Å². The maximum atomic E-state index is 6.34.